The van der Waals surface area contributed by atoms with Gasteiger partial charge in [-0.25, -0.2) is 4.79 Å². The second-order valence-corrected chi connectivity index (χ2v) is 5.02. The van der Waals surface area contributed by atoms with E-state index in [1.807, 2.05) is 0 Å². The SMILES string of the molecule is [CH2]OC(=O)C1CC2CC1CC2OC(=O)C(=C)C. The predicted molar refractivity (Wildman–Crippen MR) is 60.5 cm³/mol. The van der Waals surface area contributed by atoms with Crippen LogP contribution in [0.5, 0.6) is 0 Å². The van der Waals surface area contributed by atoms with Crippen molar-refractivity contribution in [2.45, 2.75) is 32.3 Å². The summed E-state index contributed by atoms with van der Waals surface area (Å²) in [7, 11) is 3.16. The molecule has 2 saturated carbocycles. The topological polar surface area (TPSA) is 52.6 Å². The molecule has 0 aromatic carbocycles. The molecule has 2 rings (SSSR count). The first kappa shape index (κ1) is 12.1. The molecule has 0 amide bonds. The smallest absolute Gasteiger partial charge is 0.333 e. The Morgan fingerprint density at radius 2 is 1.88 bits per heavy atom. The molecule has 2 aliphatic rings. The maximum Gasteiger partial charge on any atom is 0.333 e. The van der Waals surface area contributed by atoms with Crippen LogP contribution in [0.4, 0.5) is 0 Å². The van der Waals surface area contributed by atoms with Gasteiger partial charge in [0.1, 0.15) is 13.2 Å². The van der Waals surface area contributed by atoms with Gasteiger partial charge in [0, 0.05) is 5.57 Å². The largest absolute Gasteiger partial charge is 0.462 e. The lowest BCUT2D eigenvalue weighted by atomic mass is 9.87. The summed E-state index contributed by atoms with van der Waals surface area (Å²) in [6.45, 7) is 5.20. The maximum atomic E-state index is 11.4. The Hall–Kier alpha value is -1.32. The summed E-state index contributed by atoms with van der Waals surface area (Å²) in [6, 6.07) is 0. The van der Waals surface area contributed by atoms with E-state index < -0.39 is 0 Å². The lowest BCUT2D eigenvalue weighted by Gasteiger charge is -2.26. The van der Waals surface area contributed by atoms with Gasteiger partial charge in [-0.05, 0) is 38.0 Å². The molecule has 2 bridgehead atoms. The minimum absolute atomic E-state index is 0.0573. The van der Waals surface area contributed by atoms with Crippen molar-refractivity contribution in [3.8, 4) is 0 Å². The van der Waals surface area contributed by atoms with Gasteiger partial charge in [-0.3, -0.25) is 4.79 Å². The van der Waals surface area contributed by atoms with Crippen molar-refractivity contribution in [3.05, 3.63) is 19.3 Å². The number of ether oxygens (including phenoxy) is 2. The number of esters is 2. The first-order chi connectivity index (χ1) is 8.02. The molecule has 0 saturated heterocycles. The summed E-state index contributed by atoms with van der Waals surface area (Å²) in [4.78, 5) is 22.9. The number of rotatable bonds is 3. The zero-order valence-corrected chi connectivity index (χ0v) is 9.98. The molecule has 17 heavy (non-hydrogen) atoms. The highest BCUT2D eigenvalue weighted by Gasteiger charge is 2.50. The van der Waals surface area contributed by atoms with E-state index in [-0.39, 0.29) is 35.8 Å². The van der Waals surface area contributed by atoms with Gasteiger partial charge < -0.3 is 9.47 Å². The predicted octanol–water partition coefficient (Wildman–Crippen LogP) is 1.86. The van der Waals surface area contributed by atoms with Crippen molar-refractivity contribution in [2.24, 2.45) is 17.8 Å². The van der Waals surface area contributed by atoms with Gasteiger partial charge in [0.15, 0.2) is 0 Å². The molecular weight excluding hydrogens is 220 g/mol. The first-order valence-corrected chi connectivity index (χ1v) is 5.85. The van der Waals surface area contributed by atoms with Crippen molar-refractivity contribution < 1.29 is 19.1 Å². The van der Waals surface area contributed by atoms with Crippen molar-refractivity contribution in [1.29, 1.82) is 0 Å². The zero-order valence-electron chi connectivity index (χ0n) is 9.98. The second-order valence-electron chi connectivity index (χ2n) is 5.02. The molecular formula is C13H17O4. The van der Waals surface area contributed by atoms with Crippen LogP contribution in [0.3, 0.4) is 0 Å². The van der Waals surface area contributed by atoms with E-state index in [0.717, 1.165) is 19.3 Å². The summed E-state index contributed by atoms with van der Waals surface area (Å²) in [5.74, 6) is -0.0668. The molecule has 93 valence electrons. The molecule has 0 aromatic rings. The molecule has 4 unspecified atom stereocenters. The van der Waals surface area contributed by atoms with Gasteiger partial charge in [-0.15, -0.1) is 0 Å². The van der Waals surface area contributed by atoms with E-state index in [1.54, 1.807) is 6.92 Å². The highest BCUT2D eigenvalue weighted by Crippen LogP contribution is 2.50. The second kappa shape index (κ2) is 4.51. The van der Waals surface area contributed by atoms with E-state index in [2.05, 4.69) is 18.4 Å². The third-order valence-corrected chi connectivity index (χ3v) is 3.84. The summed E-state index contributed by atoms with van der Waals surface area (Å²) >= 11 is 0. The monoisotopic (exact) mass is 237 g/mol. The molecule has 0 spiro atoms. The van der Waals surface area contributed by atoms with Gasteiger partial charge >= 0.3 is 11.9 Å². The normalized spacial score (nSPS) is 34.5. The molecule has 0 N–H and O–H groups in total. The lowest BCUT2D eigenvalue weighted by molar-refractivity contribution is -0.150. The van der Waals surface area contributed by atoms with Gasteiger partial charge in [-0.2, -0.15) is 0 Å². The van der Waals surface area contributed by atoms with E-state index in [1.165, 1.54) is 0 Å². The fourth-order valence-electron chi connectivity index (χ4n) is 3.00. The van der Waals surface area contributed by atoms with E-state index in [4.69, 9.17) is 4.74 Å². The van der Waals surface area contributed by atoms with Crippen molar-refractivity contribution in [2.75, 3.05) is 0 Å². The fourth-order valence-corrected chi connectivity index (χ4v) is 3.00. The number of carbonyl (C=O) groups is 2. The Bertz CT molecular complexity index is 360. The third kappa shape index (κ3) is 2.21. The molecule has 0 aliphatic heterocycles. The van der Waals surface area contributed by atoms with Crippen LogP contribution in [0.25, 0.3) is 0 Å². The van der Waals surface area contributed by atoms with Gasteiger partial charge in [0.05, 0.1) is 5.92 Å². The fraction of sp³-hybridized carbons (Fsp3) is 0.615. The molecule has 0 heterocycles. The maximum absolute atomic E-state index is 11.4. The van der Waals surface area contributed by atoms with Crippen LogP contribution < -0.4 is 0 Å². The molecule has 4 heteroatoms. The van der Waals surface area contributed by atoms with Gasteiger partial charge in [0.2, 0.25) is 0 Å². The van der Waals surface area contributed by atoms with Crippen LogP contribution in [0, 0.1) is 24.9 Å². The summed E-state index contributed by atoms with van der Waals surface area (Å²) in [6.07, 6.45) is 2.38. The van der Waals surface area contributed by atoms with Crippen LogP contribution >= 0.6 is 0 Å². The van der Waals surface area contributed by atoms with Crippen LogP contribution in [0.2, 0.25) is 0 Å². The Kier molecular flexibility index (Phi) is 3.22. The van der Waals surface area contributed by atoms with E-state index in [9.17, 15) is 9.59 Å². The summed E-state index contributed by atoms with van der Waals surface area (Å²) < 4.78 is 9.89. The van der Waals surface area contributed by atoms with Crippen LogP contribution in [0.1, 0.15) is 26.2 Å². The van der Waals surface area contributed by atoms with Crippen LogP contribution in [-0.4, -0.2) is 18.0 Å². The number of hydrogen-bond acceptors (Lipinski definition) is 4. The molecule has 4 nitrogen and oxygen atoms in total. The average Bonchev–Trinajstić information content (AvgIpc) is 2.86. The van der Waals surface area contributed by atoms with Crippen molar-refractivity contribution >= 4 is 11.9 Å². The summed E-state index contributed by atoms with van der Waals surface area (Å²) in [5, 5.41) is 0. The average molecular weight is 237 g/mol. The van der Waals surface area contributed by atoms with Crippen molar-refractivity contribution in [3.63, 3.8) is 0 Å². The molecule has 2 fully saturated rings. The standard InChI is InChI=1S/C13H17O4/c1-7(2)12(14)17-11-6-8-4-9(11)5-10(8)13(15)16-3/h8-11H,1,3-6H2,2H3. The molecule has 4 atom stereocenters. The van der Waals surface area contributed by atoms with Crippen LogP contribution in [0.15, 0.2) is 12.2 Å². The zero-order chi connectivity index (χ0) is 12.6. The van der Waals surface area contributed by atoms with Gasteiger partial charge in [-0.1, -0.05) is 6.58 Å². The Morgan fingerprint density at radius 1 is 1.18 bits per heavy atom. The number of carbonyl (C=O) groups excluding carboxylic acids is 2. The van der Waals surface area contributed by atoms with Crippen molar-refractivity contribution in [1.82, 2.24) is 0 Å². The molecule has 2 aliphatic carbocycles. The Labute approximate surface area is 101 Å². The summed E-state index contributed by atoms with van der Waals surface area (Å²) in [5.41, 5.74) is 0.418. The van der Waals surface area contributed by atoms with E-state index in [0.29, 0.717) is 5.57 Å². The number of hydrogen-bond donors (Lipinski definition) is 0. The number of fused-ring (bicyclic) bond motifs is 2. The quantitative estimate of drug-likeness (QED) is 0.555. The highest BCUT2D eigenvalue weighted by atomic mass is 16.5. The Balaban J connectivity index is 1.92. The molecule has 0 aromatic heterocycles. The lowest BCUT2D eigenvalue weighted by Crippen LogP contribution is -2.31. The highest BCUT2D eigenvalue weighted by molar-refractivity contribution is 5.87. The minimum Gasteiger partial charge on any atom is -0.462 e. The first-order valence-electron chi connectivity index (χ1n) is 5.85. The third-order valence-electron chi connectivity index (χ3n) is 3.84. The van der Waals surface area contributed by atoms with E-state index >= 15 is 0 Å². The Morgan fingerprint density at radius 3 is 2.35 bits per heavy atom. The molecule has 1 radical (unpaired) electrons. The van der Waals surface area contributed by atoms with Crippen LogP contribution in [-0.2, 0) is 19.1 Å². The minimum atomic E-state index is -0.334. The van der Waals surface area contributed by atoms with Gasteiger partial charge in [0.25, 0.3) is 0 Å².